The summed E-state index contributed by atoms with van der Waals surface area (Å²) >= 11 is 0. The smallest absolute Gasteiger partial charge is 0.321 e. The first-order valence-corrected chi connectivity index (χ1v) is 12.3. The minimum atomic E-state index is -1.03. The number of nitrogens with one attached hydrogen (secondary N) is 2. The van der Waals surface area contributed by atoms with Crippen molar-refractivity contribution in [2.45, 2.75) is 18.9 Å². The van der Waals surface area contributed by atoms with E-state index in [0.717, 1.165) is 25.0 Å². The molecule has 5 aromatic rings. The number of urea groups is 1. The number of carbonyl (C=O) groups excluding carboxylic acids is 1. The van der Waals surface area contributed by atoms with Gasteiger partial charge in [-0.15, -0.1) is 0 Å². The fraction of sp³-hybridized carbons (Fsp3) is 0.185. The molecular formula is C27H22F3N7O2. The molecule has 3 aromatic heterocycles. The van der Waals surface area contributed by atoms with E-state index < -0.39 is 17.7 Å². The van der Waals surface area contributed by atoms with Gasteiger partial charge in [0, 0.05) is 48.8 Å². The van der Waals surface area contributed by atoms with Crippen LogP contribution in [0.2, 0.25) is 0 Å². The number of carbonyl (C=O) groups is 1. The lowest BCUT2D eigenvalue weighted by atomic mass is 10.1. The number of anilines is 2. The molecule has 0 bridgehead atoms. The van der Waals surface area contributed by atoms with E-state index in [0.29, 0.717) is 47.5 Å². The number of rotatable bonds is 5. The molecule has 9 nitrogen and oxygen atoms in total. The molecule has 1 aliphatic heterocycles. The van der Waals surface area contributed by atoms with Crippen molar-refractivity contribution in [2.75, 3.05) is 23.7 Å². The molecule has 1 saturated heterocycles. The lowest BCUT2D eigenvalue weighted by Crippen LogP contribution is -2.47. The maximum absolute atomic E-state index is 13.5. The summed E-state index contributed by atoms with van der Waals surface area (Å²) in [7, 11) is 0. The zero-order valence-electron chi connectivity index (χ0n) is 20.4. The van der Waals surface area contributed by atoms with Gasteiger partial charge in [-0.05, 0) is 55.3 Å². The van der Waals surface area contributed by atoms with Crippen molar-refractivity contribution >= 4 is 23.5 Å². The molecule has 0 saturated carbocycles. The van der Waals surface area contributed by atoms with Crippen LogP contribution in [0, 0.1) is 17.5 Å². The molecule has 2 N–H and O–H groups in total. The molecule has 1 fully saturated rings. The van der Waals surface area contributed by atoms with Crippen LogP contribution in [0.15, 0.2) is 71.6 Å². The molecule has 1 atom stereocenters. The number of amides is 2. The summed E-state index contributed by atoms with van der Waals surface area (Å²) < 4.78 is 47.5. The third-order valence-corrected chi connectivity index (χ3v) is 6.49. The molecule has 2 aromatic carbocycles. The second-order valence-corrected chi connectivity index (χ2v) is 9.13. The van der Waals surface area contributed by atoms with E-state index in [1.807, 2.05) is 0 Å². The van der Waals surface area contributed by atoms with Crippen molar-refractivity contribution in [1.82, 2.24) is 24.3 Å². The van der Waals surface area contributed by atoms with Gasteiger partial charge in [0.25, 0.3) is 0 Å². The summed E-state index contributed by atoms with van der Waals surface area (Å²) in [6.45, 7) is 0.881. The summed E-state index contributed by atoms with van der Waals surface area (Å²) in [6, 6.07) is 10.4. The number of halogens is 3. The van der Waals surface area contributed by atoms with Gasteiger partial charge in [0.05, 0.1) is 5.69 Å². The lowest BCUT2D eigenvalue weighted by molar-refractivity contribution is 0.195. The van der Waals surface area contributed by atoms with E-state index >= 15 is 0 Å². The first-order chi connectivity index (χ1) is 18.9. The number of imidazole rings is 1. The Balaban J connectivity index is 1.21. The van der Waals surface area contributed by atoms with E-state index in [1.165, 1.54) is 24.5 Å². The Kier molecular flexibility index (Phi) is 6.35. The van der Waals surface area contributed by atoms with E-state index in [4.69, 9.17) is 9.40 Å². The summed E-state index contributed by atoms with van der Waals surface area (Å²) in [6.07, 6.45) is 6.37. The van der Waals surface area contributed by atoms with Gasteiger partial charge in [0.1, 0.15) is 23.5 Å². The summed E-state index contributed by atoms with van der Waals surface area (Å²) in [5.74, 6) is -1.63. The molecule has 0 radical (unpaired) electrons. The Morgan fingerprint density at radius 2 is 1.87 bits per heavy atom. The second kappa shape index (κ2) is 10.1. The predicted octanol–water partition coefficient (Wildman–Crippen LogP) is 5.58. The van der Waals surface area contributed by atoms with Crippen molar-refractivity contribution in [1.29, 1.82) is 0 Å². The van der Waals surface area contributed by atoms with Crippen LogP contribution >= 0.6 is 0 Å². The SMILES string of the molecule is O=C(Nc1ccc(F)c(F)c1)N1CCC[C@@H](Nc2nccc(-c3c(-c4ccc(F)cc4)nc4occn34)n2)C1. The zero-order valence-corrected chi connectivity index (χ0v) is 20.4. The van der Waals surface area contributed by atoms with Gasteiger partial charge in [-0.1, -0.05) is 0 Å². The van der Waals surface area contributed by atoms with Crippen LogP contribution in [0.4, 0.5) is 29.6 Å². The number of piperidine rings is 1. The fourth-order valence-electron chi connectivity index (χ4n) is 4.64. The highest BCUT2D eigenvalue weighted by atomic mass is 19.2. The van der Waals surface area contributed by atoms with Gasteiger partial charge in [-0.2, -0.15) is 4.98 Å². The maximum Gasteiger partial charge on any atom is 0.321 e. The Morgan fingerprint density at radius 1 is 1.03 bits per heavy atom. The third-order valence-electron chi connectivity index (χ3n) is 6.49. The molecule has 0 unspecified atom stereocenters. The molecule has 4 heterocycles. The number of nitrogens with zero attached hydrogens (tertiary/aromatic N) is 5. The van der Waals surface area contributed by atoms with E-state index in [1.54, 1.807) is 39.9 Å². The Bertz CT molecular complexity index is 1650. The third kappa shape index (κ3) is 5.00. The van der Waals surface area contributed by atoms with Crippen molar-refractivity contribution in [2.24, 2.45) is 0 Å². The van der Waals surface area contributed by atoms with Crippen molar-refractivity contribution in [3.05, 3.63) is 84.6 Å². The number of fused-ring (bicyclic) bond motifs is 1. The highest BCUT2D eigenvalue weighted by Gasteiger charge is 2.25. The van der Waals surface area contributed by atoms with Crippen LogP contribution in [0.3, 0.4) is 0 Å². The first-order valence-electron chi connectivity index (χ1n) is 12.3. The summed E-state index contributed by atoms with van der Waals surface area (Å²) in [5.41, 5.74) is 2.69. The van der Waals surface area contributed by atoms with E-state index in [9.17, 15) is 18.0 Å². The first kappa shape index (κ1) is 24.5. The standard InChI is InChI=1S/C27H22F3N7O2/c28-17-5-3-16(4-6-17)23-24(37-12-13-39-27(37)35-23)22-9-10-31-25(34-22)32-19-2-1-11-36(15-19)26(38)33-18-7-8-20(29)21(30)14-18/h3-10,12-14,19H,1-2,11,15H2,(H,33,38)(H,31,32,34)/t19-/m1/s1. The van der Waals surface area contributed by atoms with Gasteiger partial charge in [0.15, 0.2) is 11.6 Å². The molecule has 2 amide bonds. The highest BCUT2D eigenvalue weighted by molar-refractivity contribution is 5.89. The van der Waals surface area contributed by atoms with Gasteiger partial charge in [-0.3, -0.25) is 4.40 Å². The van der Waals surface area contributed by atoms with Crippen LogP contribution in [-0.4, -0.2) is 49.4 Å². The quantitative estimate of drug-likeness (QED) is 0.306. The van der Waals surface area contributed by atoms with Gasteiger partial charge in [0.2, 0.25) is 5.95 Å². The highest BCUT2D eigenvalue weighted by Crippen LogP contribution is 2.32. The molecule has 198 valence electrons. The van der Waals surface area contributed by atoms with E-state index in [-0.39, 0.29) is 17.5 Å². The monoisotopic (exact) mass is 533 g/mol. The van der Waals surface area contributed by atoms with Crippen molar-refractivity contribution in [3.8, 4) is 22.6 Å². The Hall–Kier alpha value is -4.87. The topological polar surface area (TPSA) is 101 Å². The Morgan fingerprint density at radius 3 is 2.69 bits per heavy atom. The molecule has 0 spiro atoms. The molecule has 6 rings (SSSR count). The number of aromatic nitrogens is 4. The number of likely N-dealkylation sites (tertiary alicyclic amines) is 1. The lowest BCUT2D eigenvalue weighted by Gasteiger charge is -2.33. The van der Waals surface area contributed by atoms with Crippen LogP contribution in [0.1, 0.15) is 12.8 Å². The molecule has 39 heavy (non-hydrogen) atoms. The number of oxazole rings is 1. The zero-order chi connectivity index (χ0) is 26.9. The predicted molar refractivity (Wildman–Crippen MR) is 137 cm³/mol. The van der Waals surface area contributed by atoms with Gasteiger partial charge < -0.3 is 20.0 Å². The number of hydrogen-bond donors (Lipinski definition) is 2. The van der Waals surface area contributed by atoms with Crippen LogP contribution in [-0.2, 0) is 0 Å². The minimum Gasteiger partial charge on any atom is -0.432 e. The van der Waals surface area contributed by atoms with Gasteiger partial charge >= 0.3 is 11.9 Å². The summed E-state index contributed by atoms with van der Waals surface area (Å²) in [5, 5.41) is 5.91. The minimum absolute atomic E-state index is 0.138. The second-order valence-electron chi connectivity index (χ2n) is 9.13. The average molecular weight is 534 g/mol. The van der Waals surface area contributed by atoms with Crippen molar-refractivity contribution in [3.63, 3.8) is 0 Å². The van der Waals surface area contributed by atoms with Crippen LogP contribution in [0.25, 0.3) is 28.5 Å². The molecule has 12 heteroatoms. The Labute approximate surface area is 220 Å². The molecule has 1 aliphatic rings. The van der Waals surface area contributed by atoms with E-state index in [2.05, 4.69) is 20.6 Å². The largest absolute Gasteiger partial charge is 0.432 e. The average Bonchev–Trinajstić information content (AvgIpc) is 3.53. The molecule has 0 aliphatic carbocycles. The number of hydrogen-bond acceptors (Lipinski definition) is 6. The van der Waals surface area contributed by atoms with Crippen LogP contribution < -0.4 is 10.6 Å². The fourth-order valence-corrected chi connectivity index (χ4v) is 4.64. The normalized spacial score (nSPS) is 15.5. The van der Waals surface area contributed by atoms with Gasteiger partial charge in [-0.25, -0.2) is 27.9 Å². The maximum atomic E-state index is 13.5. The van der Waals surface area contributed by atoms with Crippen molar-refractivity contribution < 1.29 is 22.4 Å². The summed E-state index contributed by atoms with van der Waals surface area (Å²) in [4.78, 5) is 28.0. The van der Waals surface area contributed by atoms with Crippen LogP contribution in [0.5, 0.6) is 0 Å². The molecular weight excluding hydrogens is 511 g/mol. The number of benzene rings is 2.